The highest BCUT2D eigenvalue weighted by Gasteiger charge is 2.60. The average Bonchev–Trinajstić information content (AvgIpc) is 2.98. The summed E-state index contributed by atoms with van der Waals surface area (Å²) in [5, 5.41) is 10.1. The SMILES string of the molecule is C#CC(O[Si](C)(C)C(C)(C)C)[C@H]1N(C(=O)OCC[Si](C)(C)C)[C@@H](C(=O)OCC)C[C@@]1(Cl)CO. The molecular weight excluding hydrogens is 478 g/mol. The van der Waals surface area contributed by atoms with Crippen molar-refractivity contribution >= 4 is 40.1 Å². The average molecular weight is 520 g/mol. The normalized spacial score (nSPS) is 24.8. The van der Waals surface area contributed by atoms with Crippen LogP contribution in [0.3, 0.4) is 0 Å². The Hall–Kier alpha value is -1.06. The monoisotopic (exact) mass is 519 g/mol. The molecule has 7 nitrogen and oxygen atoms in total. The Labute approximate surface area is 206 Å². The third-order valence-corrected chi connectivity index (χ3v) is 13.1. The molecule has 1 fully saturated rings. The van der Waals surface area contributed by atoms with Gasteiger partial charge in [0.2, 0.25) is 0 Å². The summed E-state index contributed by atoms with van der Waals surface area (Å²) < 4.78 is 17.3. The lowest BCUT2D eigenvalue weighted by atomic mass is 9.95. The zero-order chi connectivity index (χ0) is 25.8. The van der Waals surface area contributed by atoms with E-state index >= 15 is 0 Å². The molecule has 0 spiro atoms. The molecule has 0 aromatic carbocycles. The number of esters is 1. The fourth-order valence-corrected chi connectivity index (χ4v) is 5.70. The van der Waals surface area contributed by atoms with Crippen LogP contribution in [0, 0.1) is 12.3 Å². The number of carbonyl (C=O) groups excluding carboxylic acids is 2. The van der Waals surface area contributed by atoms with E-state index in [1.807, 2.05) is 13.1 Å². The molecule has 0 saturated carbocycles. The number of terminal acetylenes is 1. The number of likely N-dealkylation sites (tertiary alicyclic amines) is 1. The molecule has 0 bridgehead atoms. The molecule has 4 atom stereocenters. The van der Waals surface area contributed by atoms with Crippen molar-refractivity contribution in [1.82, 2.24) is 4.90 Å². The van der Waals surface area contributed by atoms with Gasteiger partial charge < -0.3 is 19.0 Å². The molecule has 1 saturated heterocycles. The molecule has 0 aromatic heterocycles. The highest BCUT2D eigenvalue weighted by Crippen LogP contribution is 2.44. The number of aliphatic hydroxyl groups excluding tert-OH is 1. The molecular formula is C23H42ClNO6Si2. The molecule has 1 rings (SSSR count). The van der Waals surface area contributed by atoms with Crippen LogP contribution in [-0.4, -0.2) is 81.3 Å². The second-order valence-corrected chi connectivity index (χ2v) is 22.5. The number of ether oxygens (including phenoxy) is 2. The standard InChI is InChI=1S/C23H42ClNO6Si2/c1-11-18(31-33(9,10)22(3,4)5)19-23(24,16-26)15-17(20(27)29-12-2)25(19)21(28)30-13-14-32(6,7)8/h1,17-19,26H,12-16H2,2-10H3/t17-,18?,19-,23-/m1/s1. The number of alkyl halides is 1. The second kappa shape index (κ2) is 11.1. The fourth-order valence-electron chi connectivity index (χ4n) is 3.44. The minimum Gasteiger partial charge on any atom is -0.464 e. The number of carbonyl (C=O) groups is 2. The minimum atomic E-state index is -2.38. The van der Waals surface area contributed by atoms with Gasteiger partial charge >= 0.3 is 12.1 Å². The van der Waals surface area contributed by atoms with Crippen molar-refractivity contribution in [1.29, 1.82) is 0 Å². The first kappa shape index (κ1) is 30.0. The summed E-state index contributed by atoms with van der Waals surface area (Å²) in [5.41, 5.74) is 0. The summed E-state index contributed by atoms with van der Waals surface area (Å²) in [7, 11) is -3.84. The van der Waals surface area contributed by atoms with E-state index in [0.717, 1.165) is 6.04 Å². The Kier molecular flexibility index (Phi) is 10.1. The number of halogens is 1. The molecule has 33 heavy (non-hydrogen) atoms. The van der Waals surface area contributed by atoms with E-state index in [1.165, 1.54) is 4.90 Å². The lowest BCUT2D eigenvalue weighted by Gasteiger charge is -2.43. The molecule has 190 valence electrons. The molecule has 1 N–H and O–H groups in total. The first-order valence-corrected chi connectivity index (χ1v) is 18.5. The van der Waals surface area contributed by atoms with Crippen LogP contribution in [0.1, 0.15) is 34.1 Å². The number of rotatable bonds is 9. The molecule has 1 aliphatic heterocycles. The van der Waals surface area contributed by atoms with E-state index in [-0.39, 0.29) is 24.7 Å². The summed E-state index contributed by atoms with van der Waals surface area (Å²) >= 11 is 6.86. The Morgan fingerprint density at radius 3 is 2.24 bits per heavy atom. The predicted octanol–water partition coefficient (Wildman–Crippen LogP) is 4.46. The third kappa shape index (κ3) is 7.46. The van der Waals surface area contributed by atoms with Crippen LogP contribution in [0.5, 0.6) is 0 Å². The van der Waals surface area contributed by atoms with E-state index in [0.29, 0.717) is 0 Å². The van der Waals surface area contributed by atoms with Gasteiger partial charge in [-0.05, 0) is 31.1 Å². The zero-order valence-electron chi connectivity index (χ0n) is 21.7. The van der Waals surface area contributed by atoms with Crippen LogP contribution in [0.4, 0.5) is 4.79 Å². The van der Waals surface area contributed by atoms with Crippen molar-refractivity contribution in [2.24, 2.45) is 0 Å². The van der Waals surface area contributed by atoms with Crippen LogP contribution < -0.4 is 0 Å². The van der Waals surface area contributed by atoms with Crippen molar-refractivity contribution in [3.63, 3.8) is 0 Å². The predicted molar refractivity (Wildman–Crippen MR) is 137 cm³/mol. The van der Waals surface area contributed by atoms with E-state index in [1.54, 1.807) is 6.92 Å². The number of hydrogen-bond acceptors (Lipinski definition) is 6. The van der Waals surface area contributed by atoms with Crippen LogP contribution in [0.25, 0.3) is 0 Å². The Balaban J connectivity index is 3.42. The maximum Gasteiger partial charge on any atom is 0.410 e. The van der Waals surface area contributed by atoms with Gasteiger partial charge in [-0.25, -0.2) is 9.59 Å². The molecule has 1 unspecified atom stereocenters. The second-order valence-electron chi connectivity index (χ2n) is 11.4. The van der Waals surface area contributed by atoms with E-state index < -0.39 is 58.1 Å². The van der Waals surface area contributed by atoms with Gasteiger partial charge in [-0.1, -0.05) is 46.3 Å². The molecule has 1 aliphatic rings. The highest BCUT2D eigenvalue weighted by molar-refractivity contribution is 6.76. The van der Waals surface area contributed by atoms with Crippen LogP contribution in [-0.2, 0) is 18.7 Å². The van der Waals surface area contributed by atoms with Gasteiger partial charge in [0, 0.05) is 14.5 Å². The number of hydrogen-bond donors (Lipinski definition) is 1. The van der Waals surface area contributed by atoms with Crippen molar-refractivity contribution in [2.75, 3.05) is 19.8 Å². The maximum atomic E-state index is 13.3. The number of nitrogens with zero attached hydrogens (tertiary/aromatic N) is 1. The van der Waals surface area contributed by atoms with Crippen LogP contribution >= 0.6 is 11.6 Å². The van der Waals surface area contributed by atoms with Crippen molar-refractivity contribution in [3.8, 4) is 12.3 Å². The summed E-state index contributed by atoms with van der Waals surface area (Å²) in [5.74, 6) is 2.03. The lowest BCUT2D eigenvalue weighted by Crippen LogP contribution is -2.58. The van der Waals surface area contributed by atoms with E-state index in [2.05, 4.69) is 46.3 Å². The molecule has 10 heteroatoms. The summed E-state index contributed by atoms with van der Waals surface area (Å²) in [6, 6.07) is -1.22. The number of aliphatic hydroxyl groups is 1. The summed E-state index contributed by atoms with van der Waals surface area (Å²) in [4.78, 5) is 26.0. The van der Waals surface area contributed by atoms with Gasteiger partial charge in [-0.15, -0.1) is 18.0 Å². The van der Waals surface area contributed by atoms with E-state index in [9.17, 15) is 14.7 Å². The molecule has 0 aliphatic carbocycles. The fraction of sp³-hybridized carbons (Fsp3) is 0.826. The first-order chi connectivity index (χ1) is 14.9. The molecule has 0 aromatic rings. The minimum absolute atomic E-state index is 0.0171. The Bertz CT molecular complexity index is 743. The topological polar surface area (TPSA) is 85.3 Å². The third-order valence-electron chi connectivity index (χ3n) is 6.49. The van der Waals surface area contributed by atoms with Gasteiger partial charge in [0.25, 0.3) is 0 Å². The van der Waals surface area contributed by atoms with E-state index in [4.69, 9.17) is 31.9 Å². The van der Waals surface area contributed by atoms with Crippen LogP contribution in [0.2, 0.25) is 43.8 Å². The largest absolute Gasteiger partial charge is 0.464 e. The summed E-state index contributed by atoms with van der Waals surface area (Å²) in [6.45, 7) is 18.4. The van der Waals surface area contributed by atoms with Crippen molar-refractivity contribution in [2.45, 2.75) is 101 Å². The molecule has 1 heterocycles. The van der Waals surface area contributed by atoms with Crippen molar-refractivity contribution < 1.29 is 28.6 Å². The highest BCUT2D eigenvalue weighted by atomic mass is 35.5. The zero-order valence-corrected chi connectivity index (χ0v) is 24.4. The molecule has 0 radical (unpaired) electrons. The van der Waals surface area contributed by atoms with Gasteiger partial charge in [-0.3, -0.25) is 4.90 Å². The lowest BCUT2D eigenvalue weighted by molar-refractivity contribution is -0.148. The van der Waals surface area contributed by atoms with Gasteiger partial charge in [0.1, 0.15) is 12.1 Å². The quantitative estimate of drug-likeness (QED) is 0.209. The molecule has 1 amide bonds. The number of amides is 1. The maximum absolute atomic E-state index is 13.3. The van der Waals surface area contributed by atoms with Crippen molar-refractivity contribution in [3.05, 3.63) is 0 Å². The first-order valence-electron chi connectivity index (χ1n) is 11.5. The smallest absolute Gasteiger partial charge is 0.410 e. The van der Waals surface area contributed by atoms with Gasteiger partial charge in [0.05, 0.1) is 30.7 Å². The van der Waals surface area contributed by atoms with Gasteiger partial charge in [-0.2, -0.15) is 0 Å². The Morgan fingerprint density at radius 1 is 1.24 bits per heavy atom. The van der Waals surface area contributed by atoms with Crippen LogP contribution in [0.15, 0.2) is 0 Å². The Morgan fingerprint density at radius 2 is 1.82 bits per heavy atom. The van der Waals surface area contributed by atoms with Gasteiger partial charge in [0.15, 0.2) is 8.32 Å². The summed E-state index contributed by atoms with van der Waals surface area (Å²) in [6.07, 6.45) is 4.25.